The lowest BCUT2D eigenvalue weighted by atomic mass is 9.97. The molecule has 0 saturated heterocycles. The molecule has 3 aromatic carbocycles. The average molecular weight is 635 g/mol. The Hall–Kier alpha value is -3.63. The number of sulfone groups is 1. The van der Waals surface area contributed by atoms with Crippen LogP contribution in [0.5, 0.6) is 11.5 Å². The summed E-state index contributed by atoms with van der Waals surface area (Å²) < 4.78 is 50.2. The minimum absolute atomic E-state index is 0.000495. The summed E-state index contributed by atoms with van der Waals surface area (Å²) in [4.78, 5) is 22.0. The zero-order valence-corrected chi connectivity index (χ0v) is 25.6. The van der Waals surface area contributed by atoms with Crippen LogP contribution in [-0.4, -0.2) is 50.0 Å². The normalized spacial score (nSPS) is 11.3. The Bertz CT molecular complexity index is 1520. The van der Waals surface area contributed by atoms with E-state index in [0.29, 0.717) is 42.1 Å². The molecule has 43 heavy (non-hydrogen) atoms. The molecule has 0 spiro atoms. The molecule has 11 heteroatoms. The maximum absolute atomic E-state index is 14.0. The van der Waals surface area contributed by atoms with Gasteiger partial charge in [-0.05, 0) is 90.8 Å². The van der Waals surface area contributed by atoms with Crippen LogP contribution in [0.15, 0.2) is 59.5 Å². The van der Waals surface area contributed by atoms with Crippen LogP contribution in [0.3, 0.4) is 0 Å². The van der Waals surface area contributed by atoms with Gasteiger partial charge in [0.05, 0.1) is 23.1 Å². The van der Waals surface area contributed by atoms with Crippen molar-refractivity contribution in [3.8, 4) is 22.6 Å². The largest absolute Gasteiger partial charge is 0.494 e. The van der Waals surface area contributed by atoms with Crippen molar-refractivity contribution < 1.29 is 42.1 Å². The highest BCUT2D eigenvalue weighted by atomic mass is 35.5. The van der Waals surface area contributed by atoms with Crippen LogP contribution in [0.25, 0.3) is 11.1 Å². The number of hydrogen-bond acceptors (Lipinski definition) is 6. The summed E-state index contributed by atoms with van der Waals surface area (Å²) in [5.41, 5.74) is 2.83. The lowest BCUT2D eigenvalue weighted by molar-refractivity contribution is -0.138. The summed E-state index contributed by atoms with van der Waals surface area (Å²) in [6.07, 6.45) is 5.83. The standard InChI is InChI=1S/C32H36ClFO8S/c1-43(39,40)26-19-24(23-12-14-28(33)29(34)20-23)18-25(21-26)41-16-5-3-2-4-8-22-9-6-10-30(27(22)13-15-32(37)38)42-17-7-11-31(35)36/h6,9-10,12,14,18-21H,2-5,7-8,11,13,15-17H2,1H3,(H,35,36)(H,37,38). The first-order chi connectivity index (χ1) is 20.4. The summed E-state index contributed by atoms with van der Waals surface area (Å²) in [6.45, 7) is 0.603. The summed E-state index contributed by atoms with van der Waals surface area (Å²) in [5, 5.41) is 18.0. The quantitative estimate of drug-likeness (QED) is 0.143. The Balaban J connectivity index is 1.55. The van der Waals surface area contributed by atoms with Crippen molar-refractivity contribution in [2.24, 2.45) is 0 Å². The first-order valence-corrected chi connectivity index (χ1v) is 16.3. The number of hydrogen-bond donors (Lipinski definition) is 2. The van der Waals surface area contributed by atoms with Crippen LogP contribution in [0.4, 0.5) is 4.39 Å². The van der Waals surface area contributed by atoms with E-state index < -0.39 is 27.6 Å². The number of aryl methyl sites for hydroxylation is 1. The number of carbonyl (C=O) groups is 2. The Morgan fingerprint density at radius 3 is 2.23 bits per heavy atom. The van der Waals surface area contributed by atoms with Crippen LogP contribution in [-0.2, 0) is 32.3 Å². The van der Waals surface area contributed by atoms with Crippen molar-refractivity contribution in [1.82, 2.24) is 0 Å². The van der Waals surface area contributed by atoms with Crippen molar-refractivity contribution in [2.45, 2.75) is 62.7 Å². The summed E-state index contributed by atoms with van der Waals surface area (Å²) in [7, 11) is -3.53. The molecule has 0 aliphatic rings. The van der Waals surface area contributed by atoms with E-state index in [1.807, 2.05) is 12.1 Å². The highest BCUT2D eigenvalue weighted by molar-refractivity contribution is 7.90. The molecule has 0 fully saturated rings. The lowest BCUT2D eigenvalue weighted by Crippen LogP contribution is -2.07. The van der Waals surface area contributed by atoms with E-state index in [4.69, 9.17) is 26.2 Å². The second-order valence-corrected chi connectivity index (χ2v) is 12.7. The monoisotopic (exact) mass is 634 g/mol. The molecule has 0 heterocycles. The summed E-state index contributed by atoms with van der Waals surface area (Å²) in [5.74, 6) is -1.43. The molecule has 0 aliphatic heterocycles. The van der Waals surface area contributed by atoms with E-state index in [1.165, 1.54) is 24.3 Å². The van der Waals surface area contributed by atoms with E-state index in [2.05, 4.69) is 0 Å². The second kappa shape index (κ2) is 16.3. The van der Waals surface area contributed by atoms with Crippen LogP contribution in [0, 0.1) is 5.82 Å². The van der Waals surface area contributed by atoms with Gasteiger partial charge in [0, 0.05) is 19.1 Å². The number of benzene rings is 3. The number of rotatable bonds is 18. The van der Waals surface area contributed by atoms with E-state index in [0.717, 1.165) is 49.5 Å². The van der Waals surface area contributed by atoms with Crippen LogP contribution < -0.4 is 9.47 Å². The average Bonchev–Trinajstić information content (AvgIpc) is 2.94. The predicted molar refractivity (Wildman–Crippen MR) is 162 cm³/mol. The van der Waals surface area contributed by atoms with E-state index in [9.17, 15) is 27.5 Å². The number of aliphatic carboxylic acids is 2. The fourth-order valence-electron chi connectivity index (χ4n) is 4.57. The zero-order chi connectivity index (χ0) is 31.4. The molecule has 8 nitrogen and oxygen atoms in total. The molecule has 232 valence electrons. The van der Waals surface area contributed by atoms with Crippen LogP contribution in [0.2, 0.25) is 5.02 Å². The van der Waals surface area contributed by atoms with Gasteiger partial charge in [-0.3, -0.25) is 9.59 Å². The third kappa shape index (κ3) is 11.2. The molecular formula is C32H36ClFO8S. The zero-order valence-electron chi connectivity index (χ0n) is 24.0. The van der Waals surface area contributed by atoms with E-state index >= 15 is 0 Å². The highest BCUT2D eigenvalue weighted by Gasteiger charge is 2.14. The van der Waals surface area contributed by atoms with Gasteiger partial charge in [-0.15, -0.1) is 0 Å². The van der Waals surface area contributed by atoms with Gasteiger partial charge in [-0.25, -0.2) is 12.8 Å². The first kappa shape index (κ1) is 33.9. The molecule has 0 aromatic heterocycles. The fraction of sp³-hybridized carbons (Fsp3) is 0.375. The third-order valence-corrected chi connectivity index (χ3v) is 8.18. The van der Waals surface area contributed by atoms with Gasteiger partial charge < -0.3 is 19.7 Å². The molecule has 0 radical (unpaired) electrons. The maximum Gasteiger partial charge on any atom is 0.303 e. The Kier molecular flexibility index (Phi) is 12.8. The topological polar surface area (TPSA) is 127 Å². The molecule has 2 N–H and O–H groups in total. The minimum Gasteiger partial charge on any atom is -0.494 e. The number of carboxylic acids is 2. The predicted octanol–water partition coefficient (Wildman–Crippen LogP) is 6.99. The molecule has 0 amide bonds. The molecule has 0 bridgehead atoms. The smallest absolute Gasteiger partial charge is 0.303 e. The fourth-order valence-corrected chi connectivity index (χ4v) is 5.36. The van der Waals surface area contributed by atoms with E-state index in [-0.39, 0.29) is 29.4 Å². The van der Waals surface area contributed by atoms with Gasteiger partial charge in [0.2, 0.25) is 0 Å². The molecule has 3 rings (SSSR count). The Morgan fingerprint density at radius 2 is 1.53 bits per heavy atom. The van der Waals surface area contributed by atoms with Crippen LogP contribution in [0.1, 0.15) is 56.1 Å². The van der Waals surface area contributed by atoms with Crippen molar-refractivity contribution in [3.05, 3.63) is 76.6 Å². The number of carboxylic acid groups (broad SMARTS) is 2. The van der Waals surface area contributed by atoms with Gasteiger partial charge in [-0.1, -0.05) is 42.6 Å². The Labute approximate surface area is 256 Å². The van der Waals surface area contributed by atoms with Crippen LogP contribution >= 0.6 is 11.6 Å². The van der Waals surface area contributed by atoms with Gasteiger partial charge in [0.15, 0.2) is 9.84 Å². The van der Waals surface area contributed by atoms with Gasteiger partial charge in [-0.2, -0.15) is 0 Å². The van der Waals surface area contributed by atoms with Crippen molar-refractivity contribution >= 4 is 33.4 Å². The summed E-state index contributed by atoms with van der Waals surface area (Å²) >= 11 is 5.79. The second-order valence-electron chi connectivity index (χ2n) is 10.2. The Morgan fingerprint density at radius 1 is 0.814 bits per heavy atom. The van der Waals surface area contributed by atoms with E-state index in [1.54, 1.807) is 18.2 Å². The van der Waals surface area contributed by atoms with Crippen molar-refractivity contribution in [3.63, 3.8) is 0 Å². The molecule has 0 aliphatic carbocycles. The molecule has 0 atom stereocenters. The number of halogens is 2. The molecule has 0 saturated carbocycles. The highest BCUT2D eigenvalue weighted by Crippen LogP contribution is 2.31. The molecular weight excluding hydrogens is 599 g/mol. The van der Waals surface area contributed by atoms with Gasteiger partial charge in [0.25, 0.3) is 0 Å². The summed E-state index contributed by atoms with van der Waals surface area (Å²) in [6, 6.07) is 14.5. The SMILES string of the molecule is CS(=O)(=O)c1cc(OCCCCCCc2cccc(OCCCC(=O)O)c2CCC(=O)O)cc(-c2ccc(Cl)c(F)c2)c1. The number of ether oxygens (including phenoxy) is 2. The third-order valence-electron chi connectivity index (χ3n) is 6.78. The molecule has 3 aromatic rings. The number of unbranched alkanes of at least 4 members (excludes halogenated alkanes) is 3. The lowest BCUT2D eigenvalue weighted by Gasteiger charge is -2.15. The maximum atomic E-state index is 14.0. The van der Waals surface area contributed by atoms with Gasteiger partial charge in [0.1, 0.15) is 17.3 Å². The van der Waals surface area contributed by atoms with Crippen molar-refractivity contribution in [2.75, 3.05) is 19.5 Å². The first-order valence-electron chi connectivity index (χ1n) is 14.0. The van der Waals surface area contributed by atoms with Gasteiger partial charge >= 0.3 is 11.9 Å². The minimum atomic E-state index is -3.53. The molecule has 0 unspecified atom stereocenters. The van der Waals surface area contributed by atoms with Crippen molar-refractivity contribution in [1.29, 1.82) is 0 Å².